The van der Waals surface area contributed by atoms with Crippen LogP contribution >= 0.6 is 11.6 Å². The molecule has 24 heavy (non-hydrogen) atoms. The van der Waals surface area contributed by atoms with Gasteiger partial charge in [0.1, 0.15) is 11.4 Å². The molecule has 0 amide bonds. The second kappa shape index (κ2) is 6.34. The van der Waals surface area contributed by atoms with Gasteiger partial charge in [0.2, 0.25) is 5.92 Å². The van der Waals surface area contributed by atoms with Crippen molar-refractivity contribution in [3.63, 3.8) is 0 Å². The standard InChI is InChI=1S/C14H14ClF5N2O2/c1-7-8(12(23)24)11(21-10(9(7)15)14(18,19)20)22-5-2-3-13(16,17)4-6-22/h2-6H2,1H3,(H,23,24). The van der Waals surface area contributed by atoms with Crippen molar-refractivity contribution in [2.75, 3.05) is 18.0 Å². The van der Waals surface area contributed by atoms with E-state index in [2.05, 4.69) is 4.98 Å². The first-order valence-corrected chi connectivity index (χ1v) is 7.45. The van der Waals surface area contributed by atoms with Gasteiger partial charge in [-0.05, 0) is 18.9 Å². The number of hydrogen-bond acceptors (Lipinski definition) is 3. The minimum absolute atomic E-state index is 0.0107. The topological polar surface area (TPSA) is 53.4 Å². The van der Waals surface area contributed by atoms with Crippen molar-refractivity contribution < 1.29 is 31.9 Å². The molecule has 1 aliphatic heterocycles. The number of aromatic carboxylic acids is 1. The highest BCUT2D eigenvalue weighted by molar-refractivity contribution is 6.32. The number of pyridine rings is 1. The molecule has 1 aliphatic rings. The maximum Gasteiger partial charge on any atom is 0.434 e. The highest BCUT2D eigenvalue weighted by Gasteiger charge is 2.40. The Labute approximate surface area is 139 Å². The predicted octanol–water partition coefficient (Wildman–Crippen LogP) is 4.39. The van der Waals surface area contributed by atoms with Crippen LogP contribution in [0.3, 0.4) is 0 Å². The van der Waals surface area contributed by atoms with E-state index in [0.29, 0.717) is 0 Å². The number of nitrogens with zero attached hydrogens (tertiary/aromatic N) is 2. The molecule has 0 aliphatic carbocycles. The molecular formula is C14H14ClF5N2O2. The summed E-state index contributed by atoms with van der Waals surface area (Å²) in [5.41, 5.74) is -2.21. The van der Waals surface area contributed by atoms with Crippen molar-refractivity contribution in [3.05, 3.63) is 21.8 Å². The molecule has 2 rings (SSSR count). The predicted molar refractivity (Wildman–Crippen MR) is 77.0 cm³/mol. The van der Waals surface area contributed by atoms with Gasteiger partial charge in [0.25, 0.3) is 0 Å². The summed E-state index contributed by atoms with van der Waals surface area (Å²) >= 11 is 5.63. The fraction of sp³-hybridized carbons (Fsp3) is 0.571. The summed E-state index contributed by atoms with van der Waals surface area (Å²) in [5, 5.41) is 8.51. The Hall–Kier alpha value is -1.64. The van der Waals surface area contributed by atoms with Gasteiger partial charge in [-0.3, -0.25) is 0 Å². The van der Waals surface area contributed by atoms with Crippen LogP contribution in [0.25, 0.3) is 0 Å². The maximum absolute atomic E-state index is 13.5. The van der Waals surface area contributed by atoms with Gasteiger partial charge in [0.05, 0.1) is 5.02 Å². The Morgan fingerprint density at radius 1 is 1.29 bits per heavy atom. The van der Waals surface area contributed by atoms with Crippen molar-refractivity contribution in [1.82, 2.24) is 4.98 Å². The molecule has 1 aromatic heterocycles. The Balaban J connectivity index is 2.59. The van der Waals surface area contributed by atoms with E-state index in [1.165, 1.54) is 0 Å². The number of alkyl halides is 5. The number of aromatic nitrogens is 1. The van der Waals surface area contributed by atoms with Crippen molar-refractivity contribution in [1.29, 1.82) is 0 Å². The summed E-state index contributed by atoms with van der Waals surface area (Å²) in [5.74, 6) is -4.93. The second-order valence-electron chi connectivity index (χ2n) is 5.60. The fourth-order valence-electron chi connectivity index (χ4n) is 2.61. The molecular weight excluding hydrogens is 359 g/mol. The van der Waals surface area contributed by atoms with Crippen molar-refractivity contribution in [2.24, 2.45) is 0 Å². The molecule has 2 heterocycles. The highest BCUT2D eigenvalue weighted by Crippen LogP contribution is 2.40. The van der Waals surface area contributed by atoms with Gasteiger partial charge in [-0.2, -0.15) is 13.2 Å². The van der Waals surface area contributed by atoms with E-state index in [-0.39, 0.29) is 25.1 Å². The minimum Gasteiger partial charge on any atom is -0.478 e. The smallest absolute Gasteiger partial charge is 0.434 e. The minimum atomic E-state index is -4.89. The van der Waals surface area contributed by atoms with Crippen LogP contribution in [0, 0.1) is 6.92 Å². The van der Waals surface area contributed by atoms with Crippen LogP contribution in [0.2, 0.25) is 5.02 Å². The number of carboxylic acids is 1. The van der Waals surface area contributed by atoms with Gasteiger partial charge in [0, 0.05) is 25.9 Å². The lowest BCUT2D eigenvalue weighted by atomic mass is 10.1. The monoisotopic (exact) mass is 372 g/mol. The number of hydrogen-bond donors (Lipinski definition) is 1. The molecule has 0 unspecified atom stereocenters. The summed E-state index contributed by atoms with van der Waals surface area (Å²) in [6, 6.07) is 0. The average Bonchev–Trinajstić information content (AvgIpc) is 2.60. The molecule has 0 saturated carbocycles. The summed E-state index contributed by atoms with van der Waals surface area (Å²) in [7, 11) is 0. The van der Waals surface area contributed by atoms with Crippen LogP contribution in [-0.2, 0) is 6.18 Å². The van der Waals surface area contributed by atoms with E-state index in [4.69, 9.17) is 11.6 Å². The van der Waals surface area contributed by atoms with Gasteiger partial charge >= 0.3 is 12.1 Å². The molecule has 0 bridgehead atoms. The average molecular weight is 373 g/mol. The lowest BCUT2D eigenvalue weighted by Crippen LogP contribution is -2.30. The quantitative estimate of drug-likeness (QED) is 0.782. The zero-order valence-electron chi connectivity index (χ0n) is 12.6. The molecule has 1 N–H and O–H groups in total. The lowest BCUT2D eigenvalue weighted by molar-refractivity contribution is -0.141. The first kappa shape index (κ1) is 18.7. The van der Waals surface area contributed by atoms with Crippen molar-refractivity contribution >= 4 is 23.4 Å². The Bertz CT molecular complexity index is 664. The number of rotatable bonds is 2. The molecule has 0 spiro atoms. The van der Waals surface area contributed by atoms with Crippen LogP contribution in [0.5, 0.6) is 0 Å². The summed E-state index contributed by atoms with van der Waals surface area (Å²) < 4.78 is 66.2. The van der Waals surface area contributed by atoms with E-state index in [0.717, 1.165) is 11.8 Å². The molecule has 0 atom stereocenters. The highest BCUT2D eigenvalue weighted by atomic mass is 35.5. The SMILES string of the molecule is Cc1c(Cl)c(C(F)(F)F)nc(N2CCCC(F)(F)CC2)c1C(=O)O. The molecule has 1 saturated heterocycles. The normalized spacial score (nSPS) is 18.4. The van der Waals surface area contributed by atoms with E-state index in [9.17, 15) is 31.9 Å². The zero-order valence-corrected chi connectivity index (χ0v) is 13.3. The summed E-state index contributed by atoms with van der Waals surface area (Å²) in [6.07, 6.45) is -5.87. The summed E-state index contributed by atoms with van der Waals surface area (Å²) in [4.78, 5) is 16.0. The first-order valence-electron chi connectivity index (χ1n) is 7.07. The molecule has 4 nitrogen and oxygen atoms in total. The van der Waals surface area contributed by atoms with Crippen LogP contribution in [-0.4, -0.2) is 35.1 Å². The number of carboxylic acid groups (broad SMARTS) is 1. The van der Waals surface area contributed by atoms with Crippen LogP contribution in [0.4, 0.5) is 27.8 Å². The summed E-state index contributed by atoms with van der Waals surface area (Å²) in [6.45, 7) is 0.832. The second-order valence-corrected chi connectivity index (χ2v) is 5.98. The van der Waals surface area contributed by atoms with Gasteiger partial charge in [-0.1, -0.05) is 11.6 Å². The third-order valence-corrected chi connectivity index (χ3v) is 4.32. The van der Waals surface area contributed by atoms with E-state index >= 15 is 0 Å². The van der Waals surface area contributed by atoms with Crippen molar-refractivity contribution in [2.45, 2.75) is 38.3 Å². The molecule has 1 fully saturated rings. The number of carbonyl (C=O) groups is 1. The van der Waals surface area contributed by atoms with Gasteiger partial charge in [0.15, 0.2) is 5.69 Å². The molecule has 0 aromatic carbocycles. The zero-order chi connectivity index (χ0) is 18.3. The van der Waals surface area contributed by atoms with Crippen LogP contribution < -0.4 is 4.90 Å². The molecule has 1 aromatic rings. The van der Waals surface area contributed by atoms with Crippen LogP contribution in [0.15, 0.2) is 0 Å². The largest absolute Gasteiger partial charge is 0.478 e. The first-order chi connectivity index (χ1) is 10.9. The Morgan fingerprint density at radius 3 is 2.46 bits per heavy atom. The molecule has 10 heteroatoms. The van der Waals surface area contributed by atoms with Gasteiger partial charge in [-0.25, -0.2) is 18.6 Å². The maximum atomic E-state index is 13.5. The Kier molecular flexibility index (Phi) is 4.94. The third kappa shape index (κ3) is 3.71. The van der Waals surface area contributed by atoms with Gasteiger partial charge in [-0.15, -0.1) is 0 Å². The fourth-order valence-corrected chi connectivity index (χ4v) is 2.86. The molecule has 134 valence electrons. The number of halogens is 6. The number of anilines is 1. The Morgan fingerprint density at radius 2 is 1.92 bits per heavy atom. The lowest BCUT2D eigenvalue weighted by Gasteiger charge is -2.26. The van der Waals surface area contributed by atoms with Crippen LogP contribution in [0.1, 0.15) is 40.9 Å². The van der Waals surface area contributed by atoms with E-state index < -0.39 is 53.0 Å². The van der Waals surface area contributed by atoms with E-state index in [1.54, 1.807) is 0 Å². The van der Waals surface area contributed by atoms with Gasteiger partial charge < -0.3 is 10.0 Å². The third-order valence-electron chi connectivity index (χ3n) is 3.85. The van der Waals surface area contributed by atoms with Crippen molar-refractivity contribution in [3.8, 4) is 0 Å². The van der Waals surface area contributed by atoms with E-state index in [1.807, 2.05) is 0 Å². The molecule has 0 radical (unpaired) electrons.